The Labute approximate surface area is 169 Å². The Kier molecular flexibility index (Phi) is 6.49. The van der Waals surface area contributed by atoms with E-state index in [1.807, 2.05) is 43.3 Å². The van der Waals surface area contributed by atoms with Crippen molar-refractivity contribution in [2.45, 2.75) is 26.4 Å². The first-order valence-electron chi connectivity index (χ1n) is 9.59. The van der Waals surface area contributed by atoms with Gasteiger partial charge in [0.15, 0.2) is 12.7 Å². The molecule has 0 spiro atoms. The number of rotatable bonds is 7. The van der Waals surface area contributed by atoms with Gasteiger partial charge in [-0.3, -0.25) is 14.4 Å². The van der Waals surface area contributed by atoms with Gasteiger partial charge in [0, 0.05) is 18.8 Å². The van der Waals surface area contributed by atoms with Gasteiger partial charge in [0.25, 0.3) is 11.8 Å². The van der Waals surface area contributed by atoms with Crippen LogP contribution in [-0.2, 0) is 19.1 Å². The summed E-state index contributed by atoms with van der Waals surface area (Å²) >= 11 is 0. The number of hydrogen-bond donors (Lipinski definition) is 0. The van der Waals surface area contributed by atoms with Crippen LogP contribution in [0.15, 0.2) is 54.6 Å². The van der Waals surface area contributed by atoms with Crippen molar-refractivity contribution >= 4 is 29.2 Å². The van der Waals surface area contributed by atoms with Crippen molar-refractivity contribution in [3.8, 4) is 5.75 Å². The van der Waals surface area contributed by atoms with E-state index >= 15 is 0 Å². The molecule has 1 heterocycles. The molecule has 0 saturated carbocycles. The summed E-state index contributed by atoms with van der Waals surface area (Å²) in [4.78, 5) is 40.3. The third-order valence-corrected chi connectivity index (χ3v) is 4.65. The SMILES string of the molecule is CCN(C(=O)[C@H](C)OC(=O)CCN1C(=O)COc2ccccc21)c1ccccc1. The molecule has 3 rings (SSSR count). The van der Waals surface area contributed by atoms with E-state index in [1.54, 1.807) is 30.0 Å². The summed E-state index contributed by atoms with van der Waals surface area (Å²) < 4.78 is 10.7. The second-order valence-corrected chi connectivity index (χ2v) is 6.60. The molecule has 7 heteroatoms. The van der Waals surface area contributed by atoms with Gasteiger partial charge in [0.05, 0.1) is 12.1 Å². The normalized spacial score (nSPS) is 13.9. The highest BCUT2D eigenvalue weighted by Gasteiger charge is 2.27. The number of likely N-dealkylation sites (N-methyl/N-ethyl adjacent to an activating group) is 1. The summed E-state index contributed by atoms with van der Waals surface area (Å²) in [7, 11) is 0. The molecule has 0 saturated heterocycles. The highest BCUT2D eigenvalue weighted by Crippen LogP contribution is 2.31. The van der Waals surface area contributed by atoms with Crippen LogP contribution >= 0.6 is 0 Å². The van der Waals surface area contributed by atoms with Gasteiger partial charge in [-0.2, -0.15) is 0 Å². The molecular formula is C22H24N2O5. The first-order chi connectivity index (χ1) is 14.0. The monoisotopic (exact) mass is 396 g/mol. The van der Waals surface area contributed by atoms with Crippen molar-refractivity contribution in [2.75, 3.05) is 29.5 Å². The lowest BCUT2D eigenvalue weighted by Crippen LogP contribution is -2.42. The third-order valence-electron chi connectivity index (χ3n) is 4.65. The van der Waals surface area contributed by atoms with E-state index in [9.17, 15) is 14.4 Å². The molecule has 2 aromatic carbocycles. The Bertz CT molecular complexity index is 884. The minimum absolute atomic E-state index is 0.0187. The quantitative estimate of drug-likeness (QED) is 0.673. The van der Waals surface area contributed by atoms with Crippen LogP contribution in [0.5, 0.6) is 5.75 Å². The Morgan fingerprint density at radius 3 is 2.55 bits per heavy atom. The van der Waals surface area contributed by atoms with Gasteiger partial charge < -0.3 is 19.3 Å². The molecule has 0 fully saturated rings. The first kappa shape index (κ1) is 20.4. The summed E-state index contributed by atoms with van der Waals surface area (Å²) in [5.41, 5.74) is 1.38. The predicted molar refractivity (Wildman–Crippen MR) is 109 cm³/mol. The molecule has 0 radical (unpaired) electrons. The van der Waals surface area contributed by atoms with Crippen LogP contribution in [0.4, 0.5) is 11.4 Å². The van der Waals surface area contributed by atoms with Crippen molar-refractivity contribution in [3.05, 3.63) is 54.6 Å². The predicted octanol–water partition coefficient (Wildman–Crippen LogP) is 2.79. The fourth-order valence-corrected chi connectivity index (χ4v) is 3.20. The second kappa shape index (κ2) is 9.23. The Hall–Kier alpha value is -3.35. The lowest BCUT2D eigenvalue weighted by Gasteiger charge is -2.29. The number of esters is 1. The van der Waals surface area contributed by atoms with E-state index in [2.05, 4.69) is 0 Å². The van der Waals surface area contributed by atoms with Gasteiger partial charge in [-0.05, 0) is 38.1 Å². The number of amides is 2. The van der Waals surface area contributed by atoms with Crippen molar-refractivity contribution in [3.63, 3.8) is 0 Å². The number of ether oxygens (including phenoxy) is 2. The maximum atomic E-state index is 12.7. The Morgan fingerprint density at radius 1 is 1.14 bits per heavy atom. The summed E-state index contributed by atoms with van der Waals surface area (Å²) in [5.74, 6) is -0.445. The van der Waals surface area contributed by atoms with E-state index in [-0.39, 0.29) is 31.4 Å². The number of hydrogen-bond acceptors (Lipinski definition) is 5. The average molecular weight is 396 g/mol. The second-order valence-electron chi connectivity index (χ2n) is 6.60. The van der Waals surface area contributed by atoms with Crippen molar-refractivity contribution in [2.24, 2.45) is 0 Å². The van der Waals surface area contributed by atoms with Crippen LogP contribution in [0.1, 0.15) is 20.3 Å². The van der Waals surface area contributed by atoms with Gasteiger partial charge in [0.2, 0.25) is 0 Å². The average Bonchev–Trinajstić information content (AvgIpc) is 2.74. The summed E-state index contributed by atoms with van der Waals surface area (Å²) in [5, 5.41) is 0. The Morgan fingerprint density at radius 2 is 1.83 bits per heavy atom. The molecule has 0 N–H and O–H groups in total. The zero-order valence-electron chi connectivity index (χ0n) is 16.5. The molecule has 0 bridgehead atoms. The maximum Gasteiger partial charge on any atom is 0.308 e. The standard InChI is InChI=1S/C22H24N2O5/c1-3-23(17-9-5-4-6-10-17)22(27)16(2)29-21(26)13-14-24-18-11-7-8-12-19(18)28-15-20(24)25/h4-12,16H,3,13-15H2,1-2H3/t16-/m0/s1. The van der Waals surface area contributed by atoms with E-state index in [4.69, 9.17) is 9.47 Å². The maximum absolute atomic E-state index is 12.7. The third kappa shape index (κ3) is 4.74. The van der Waals surface area contributed by atoms with Crippen molar-refractivity contribution in [1.82, 2.24) is 0 Å². The first-order valence-corrected chi connectivity index (χ1v) is 9.59. The van der Waals surface area contributed by atoms with Gasteiger partial charge in [-0.1, -0.05) is 30.3 Å². The van der Waals surface area contributed by atoms with E-state index in [0.29, 0.717) is 18.0 Å². The molecule has 29 heavy (non-hydrogen) atoms. The molecule has 1 aliphatic rings. The zero-order valence-corrected chi connectivity index (χ0v) is 16.5. The molecular weight excluding hydrogens is 372 g/mol. The number of anilines is 2. The van der Waals surface area contributed by atoms with Crippen LogP contribution in [0.2, 0.25) is 0 Å². The summed E-state index contributed by atoms with van der Waals surface area (Å²) in [6.45, 7) is 3.98. The van der Waals surface area contributed by atoms with Gasteiger partial charge >= 0.3 is 5.97 Å². The van der Waals surface area contributed by atoms with Crippen LogP contribution in [0.3, 0.4) is 0 Å². The zero-order chi connectivity index (χ0) is 20.8. The largest absolute Gasteiger partial charge is 0.482 e. The minimum atomic E-state index is -0.921. The van der Waals surface area contributed by atoms with Crippen LogP contribution in [0.25, 0.3) is 0 Å². The highest BCUT2D eigenvalue weighted by atomic mass is 16.5. The highest BCUT2D eigenvalue weighted by molar-refractivity contribution is 5.99. The molecule has 2 aromatic rings. The van der Waals surface area contributed by atoms with Crippen molar-refractivity contribution in [1.29, 1.82) is 0 Å². The molecule has 1 atom stereocenters. The molecule has 152 valence electrons. The fraction of sp³-hybridized carbons (Fsp3) is 0.318. The van der Waals surface area contributed by atoms with Crippen molar-refractivity contribution < 1.29 is 23.9 Å². The van der Waals surface area contributed by atoms with Crippen LogP contribution < -0.4 is 14.5 Å². The lowest BCUT2D eigenvalue weighted by molar-refractivity contribution is -0.153. The van der Waals surface area contributed by atoms with Crippen LogP contribution in [-0.4, -0.2) is 43.6 Å². The molecule has 0 aromatic heterocycles. The minimum Gasteiger partial charge on any atom is -0.482 e. The van der Waals surface area contributed by atoms with Crippen LogP contribution in [0, 0.1) is 0 Å². The smallest absolute Gasteiger partial charge is 0.308 e. The number of carbonyl (C=O) groups is 3. The van der Waals surface area contributed by atoms with E-state index in [1.165, 1.54) is 4.90 Å². The topological polar surface area (TPSA) is 76.2 Å². The van der Waals surface area contributed by atoms with Gasteiger partial charge in [0.1, 0.15) is 5.75 Å². The summed E-state index contributed by atoms with van der Waals surface area (Å²) in [6.07, 6.45) is -0.940. The molecule has 1 aliphatic heterocycles. The fourth-order valence-electron chi connectivity index (χ4n) is 3.20. The van der Waals surface area contributed by atoms with E-state index < -0.39 is 12.1 Å². The lowest BCUT2D eigenvalue weighted by atomic mass is 10.2. The van der Waals surface area contributed by atoms with Gasteiger partial charge in [-0.25, -0.2) is 0 Å². The molecule has 7 nitrogen and oxygen atoms in total. The summed E-state index contributed by atoms with van der Waals surface area (Å²) in [6, 6.07) is 16.4. The van der Waals surface area contributed by atoms with Gasteiger partial charge in [-0.15, -0.1) is 0 Å². The number of fused-ring (bicyclic) bond motifs is 1. The molecule has 0 unspecified atom stereocenters. The number of para-hydroxylation sites is 3. The molecule has 0 aliphatic carbocycles. The number of carbonyl (C=O) groups excluding carboxylic acids is 3. The number of benzene rings is 2. The number of nitrogens with zero attached hydrogens (tertiary/aromatic N) is 2. The van der Waals surface area contributed by atoms with E-state index in [0.717, 1.165) is 5.69 Å². The Balaban J connectivity index is 1.58. The molecule has 2 amide bonds.